The van der Waals surface area contributed by atoms with Crippen molar-refractivity contribution in [3.05, 3.63) is 168 Å². The number of benzene rings is 7. The second-order valence-electron chi connectivity index (χ2n) is 12.8. The molecule has 230 valence electrons. The maximum absolute atomic E-state index is 6.54. The Morgan fingerprint density at radius 1 is 0.592 bits per heavy atom. The molecule has 7 aromatic carbocycles. The Hall–Kier alpha value is -6.17. The van der Waals surface area contributed by atoms with E-state index in [0.717, 1.165) is 44.7 Å². The molecular weight excluding hydrogens is 619 g/mol. The molecule has 0 spiro atoms. The van der Waals surface area contributed by atoms with Crippen LogP contribution in [0.1, 0.15) is 22.0 Å². The van der Waals surface area contributed by atoms with Crippen LogP contribution in [0.25, 0.3) is 70.3 Å². The van der Waals surface area contributed by atoms with Crippen molar-refractivity contribution in [2.45, 2.75) is 6.04 Å². The first kappa shape index (κ1) is 26.9. The number of hydrogen-bond donors (Lipinski definition) is 1. The summed E-state index contributed by atoms with van der Waals surface area (Å²) in [5.74, 6) is 0.852. The molecule has 0 fully saturated rings. The number of nitrogens with zero attached hydrogens (tertiary/aromatic N) is 2. The van der Waals surface area contributed by atoms with E-state index in [2.05, 4.69) is 162 Å². The highest BCUT2D eigenvalue weighted by Crippen LogP contribution is 2.46. The number of furan rings is 1. The van der Waals surface area contributed by atoms with Gasteiger partial charge in [0.1, 0.15) is 17.0 Å². The van der Waals surface area contributed by atoms with Gasteiger partial charge in [0.2, 0.25) is 0 Å². The topological polar surface area (TPSA) is 42.5 Å². The maximum Gasteiger partial charge on any atom is 0.136 e. The zero-order valence-corrected chi connectivity index (χ0v) is 27.0. The van der Waals surface area contributed by atoms with Gasteiger partial charge in [-0.05, 0) is 64.9 Å². The number of aromatic nitrogens is 1. The van der Waals surface area contributed by atoms with Crippen molar-refractivity contribution in [1.82, 2.24) is 9.88 Å². The molecule has 1 aliphatic rings. The molecule has 1 unspecified atom stereocenters. The molecule has 3 aromatic heterocycles. The van der Waals surface area contributed by atoms with Gasteiger partial charge in [0.25, 0.3) is 0 Å². The lowest BCUT2D eigenvalue weighted by molar-refractivity contribution is 0.668. The number of fused-ring (bicyclic) bond motifs is 11. The first-order chi connectivity index (χ1) is 24.3. The molecule has 10 aromatic rings. The molecule has 4 heterocycles. The molecule has 0 bridgehead atoms. The molecule has 0 aliphatic carbocycles. The Bertz CT molecular complexity index is 2980. The molecule has 11 rings (SSSR count). The van der Waals surface area contributed by atoms with E-state index < -0.39 is 0 Å². The van der Waals surface area contributed by atoms with Gasteiger partial charge in [0.05, 0.1) is 27.6 Å². The second kappa shape index (κ2) is 10.2. The normalized spacial score (nSPS) is 14.6. The largest absolute Gasteiger partial charge is 0.456 e. The lowest BCUT2D eigenvalue weighted by atomic mass is 10.0. The average molecular weight is 646 g/mol. The van der Waals surface area contributed by atoms with E-state index in [-0.39, 0.29) is 6.04 Å². The maximum atomic E-state index is 6.54. The molecule has 5 heteroatoms. The van der Waals surface area contributed by atoms with E-state index in [4.69, 9.17) is 9.41 Å². The minimum atomic E-state index is 0.0124. The summed E-state index contributed by atoms with van der Waals surface area (Å²) in [6.07, 6.45) is 0. The molecule has 0 radical (unpaired) electrons. The monoisotopic (exact) mass is 645 g/mol. The van der Waals surface area contributed by atoms with Crippen LogP contribution >= 0.6 is 11.3 Å². The highest BCUT2D eigenvalue weighted by Gasteiger charge is 2.28. The van der Waals surface area contributed by atoms with Gasteiger partial charge in [-0.2, -0.15) is 0 Å². The predicted molar refractivity (Wildman–Crippen MR) is 205 cm³/mol. The van der Waals surface area contributed by atoms with Crippen molar-refractivity contribution in [1.29, 1.82) is 0 Å². The fraction of sp³-hybridized carbons (Fsp3) is 0.0227. The standard InChI is InChI=1S/C44H27N3OS/c1-2-11-27(12-3-1)41-43-42(33-15-7-9-17-39(33)49-43)46-44(45-41)28-18-21-31-34-25-29(20-23-37(34)48-38(31)24-28)47-35-16-8-6-14-32(35)40-30-13-5-4-10-26(30)19-22-36(40)47/h1-25,41H,(H,45,46). The number of para-hydroxylation sites is 1. The number of hydrogen-bond acceptors (Lipinski definition) is 4. The lowest BCUT2D eigenvalue weighted by Crippen LogP contribution is -2.32. The zero-order valence-electron chi connectivity index (χ0n) is 26.2. The molecular formula is C44H27N3OS. The summed E-state index contributed by atoms with van der Waals surface area (Å²) in [6, 6.07) is 54.1. The van der Waals surface area contributed by atoms with Crippen LogP contribution in [0.3, 0.4) is 0 Å². The number of thiophene rings is 1. The van der Waals surface area contributed by atoms with Crippen LogP contribution in [-0.4, -0.2) is 10.4 Å². The zero-order chi connectivity index (χ0) is 32.1. The summed E-state index contributed by atoms with van der Waals surface area (Å²) in [5.41, 5.74) is 8.50. The first-order valence-electron chi connectivity index (χ1n) is 16.6. The second-order valence-corrected chi connectivity index (χ2v) is 13.9. The molecule has 49 heavy (non-hydrogen) atoms. The summed E-state index contributed by atoms with van der Waals surface area (Å²) in [7, 11) is 0. The Morgan fingerprint density at radius 3 is 2.31 bits per heavy atom. The van der Waals surface area contributed by atoms with Crippen molar-refractivity contribution in [2.75, 3.05) is 0 Å². The van der Waals surface area contributed by atoms with Crippen molar-refractivity contribution < 1.29 is 4.42 Å². The number of aliphatic imine (C=N–C) groups is 1. The van der Waals surface area contributed by atoms with E-state index in [1.165, 1.54) is 53.1 Å². The van der Waals surface area contributed by atoms with Gasteiger partial charge in [0, 0.05) is 42.9 Å². The van der Waals surface area contributed by atoms with Gasteiger partial charge < -0.3 is 14.3 Å². The highest BCUT2D eigenvalue weighted by molar-refractivity contribution is 7.19. The summed E-state index contributed by atoms with van der Waals surface area (Å²) in [6.45, 7) is 0. The minimum absolute atomic E-state index is 0.0124. The van der Waals surface area contributed by atoms with Crippen LogP contribution in [0.2, 0.25) is 0 Å². The highest BCUT2D eigenvalue weighted by atomic mass is 32.1. The summed E-state index contributed by atoms with van der Waals surface area (Å²) in [5, 5.41) is 12.2. The van der Waals surface area contributed by atoms with E-state index >= 15 is 0 Å². The van der Waals surface area contributed by atoms with Gasteiger partial charge >= 0.3 is 0 Å². The molecule has 0 amide bonds. The first-order valence-corrected chi connectivity index (χ1v) is 17.4. The molecule has 0 saturated heterocycles. The Morgan fingerprint density at radius 2 is 1.39 bits per heavy atom. The fourth-order valence-electron chi connectivity index (χ4n) is 7.81. The van der Waals surface area contributed by atoms with Crippen LogP contribution in [0, 0.1) is 0 Å². The van der Waals surface area contributed by atoms with E-state index in [1.807, 2.05) is 11.3 Å². The van der Waals surface area contributed by atoms with Crippen LogP contribution in [0.15, 0.2) is 161 Å². The molecule has 4 nitrogen and oxygen atoms in total. The minimum Gasteiger partial charge on any atom is -0.456 e. The molecule has 1 aliphatic heterocycles. The van der Waals surface area contributed by atoms with Gasteiger partial charge in [-0.3, -0.25) is 0 Å². The number of nitrogens with one attached hydrogen (secondary N) is 1. The third kappa shape index (κ3) is 3.94. The summed E-state index contributed by atoms with van der Waals surface area (Å²) < 4.78 is 10.2. The van der Waals surface area contributed by atoms with Gasteiger partial charge in [-0.1, -0.05) is 103 Å². The van der Waals surface area contributed by atoms with Gasteiger partial charge in [-0.15, -0.1) is 11.3 Å². The molecule has 1 atom stereocenters. The van der Waals surface area contributed by atoms with E-state index in [1.54, 1.807) is 0 Å². The van der Waals surface area contributed by atoms with Gasteiger partial charge in [0.15, 0.2) is 0 Å². The van der Waals surface area contributed by atoms with Crippen molar-refractivity contribution >= 4 is 87.5 Å². The van der Waals surface area contributed by atoms with Crippen molar-refractivity contribution in [3.8, 4) is 5.69 Å². The smallest absolute Gasteiger partial charge is 0.136 e. The average Bonchev–Trinajstić information content (AvgIpc) is 3.83. The molecule has 0 saturated carbocycles. The number of amidine groups is 1. The Balaban J connectivity index is 1.07. The quantitative estimate of drug-likeness (QED) is 0.208. The fourth-order valence-corrected chi connectivity index (χ4v) is 9.03. The van der Waals surface area contributed by atoms with Crippen molar-refractivity contribution in [3.63, 3.8) is 0 Å². The third-order valence-electron chi connectivity index (χ3n) is 10.0. The number of rotatable bonds is 3. The van der Waals surface area contributed by atoms with Crippen LogP contribution in [0.5, 0.6) is 0 Å². The predicted octanol–water partition coefficient (Wildman–Crippen LogP) is 11.8. The Labute approximate surface area is 285 Å². The van der Waals surface area contributed by atoms with E-state index in [0.29, 0.717) is 0 Å². The van der Waals surface area contributed by atoms with Crippen LogP contribution < -0.4 is 5.32 Å². The lowest BCUT2D eigenvalue weighted by Gasteiger charge is -2.25. The van der Waals surface area contributed by atoms with E-state index in [9.17, 15) is 0 Å². The summed E-state index contributed by atoms with van der Waals surface area (Å²) in [4.78, 5) is 6.48. The molecule has 1 N–H and O–H groups in total. The Kier molecular flexibility index (Phi) is 5.57. The third-order valence-corrected chi connectivity index (χ3v) is 11.3. The van der Waals surface area contributed by atoms with Gasteiger partial charge in [-0.25, -0.2) is 4.99 Å². The SMILES string of the molecule is c1ccc(C2NC(c3ccc4c(c3)oc3ccc(-n5c6ccccc6c6c7ccccc7ccc65)cc34)=Nc3c2sc2ccccc32)cc1. The summed E-state index contributed by atoms with van der Waals surface area (Å²) >= 11 is 1.82. The van der Waals surface area contributed by atoms with Crippen molar-refractivity contribution in [2.24, 2.45) is 4.99 Å². The van der Waals surface area contributed by atoms with Crippen LogP contribution in [0.4, 0.5) is 5.69 Å². The van der Waals surface area contributed by atoms with Crippen LogP contribution in [-0.2, 0) is 0 Å².